The number of aliphatic imine (C=N–C) groups is 1. The first kappa shape index (κ1) is 10.5. The summed E-state index contributed by atoms with van der Waals surface area (Å²) in [6, 6.07) is 0. The molecule has 0 amide bonds. The van der Waals surface area contributed by atoms with Crippen LogP contribution in [0, 0.1) is 0 Å². The predicted octanol–water partition coefficient (Wildman–Crippen LogP) is 0.00750. The van der Waals surface area contributed by atoms with Crippen molar-refractivity contribution in [1.29, 1.82) is 0 Å². The minimum absolute atomic E-state index is 0.0744. The second-order valence-electron chi connectivity index (χ2n) is 4.01. The number of nitrogens with one attached hydrogen (secondary N) is 2. The number of guanidine groups is 1. The van der Waals surface area contributed by atoms with Gasteiger partial charge in [0.15, 0.2) is 5.96 Å². The highest BCUT2D eigenvalue weighted by Gasteiger charge is 2.09. The van der Waals surface area contributed by atoms with Crippen LogP contribution in [0.15, 0.2) is 11.3 Å². The molecular weight excluding hydrogens is 180 g/mol. The van der Waals surface area contributed by atoms with E-state index >= 15 is 0 Å². The normalized spacial score (nSPS) is 12.9. The van der Waals surface area contributed by atoms with Crippen molar-refractivity contribution in [3.63, 3.8) is 0 Å². The number of aromatic nitrogens is 3. The van der Waals surface area contributed by atoms with Crippen molar-refractivity contribution in [2.75, 3.05) is 0 Å². The molecule has 0 unspecified atom stereocenters. The summed E-state index contributed by atoms with van der Waals surface area (Å²) in [6.07, 6.45) is 1.44. The number of nitrogens with two attached hydrogens (primary N) is 1. The van der Waals surface area contributed by atoms with Gasteiger partial charge in [-0.15, -0.1) is 0 Å². The number of hydrogen-bond acceptors (Lipinski definition) is 3. The minimum atomic E-state index is -0.0744. The highest BCUT2D eigenvalue weighted by Crippen LogP contribution is 1.97. The maximum absolute atomic E-state index is 5.65. The monoisotopic (exact) mass is 196 g/mol. The van der Waals surface area contributed by atoms with Gasteiger partial charge in [0, 0.05) is 5.54 Å². The number of hydrogen-bond donors (Lipinski definition) is 3. The molecule has 6 nitrogen and oxygen atoms in total. The highest BCUT2D eigenvalue weighted by atomic mass is 15.2. The smallest absolute Gasteiger partial charge is 0.189 e. The van der Waals surface area contributed by atoms with Gasteiger partial charge >= 0.3 is 0 Å². The quantitative estimate of drug-likeness (QED) is 0.459. The van der Waals surface area contributed by atoms with Crippen molar-refractivity contribution < 1.29 is 0 Å². The third-order valence-electron chi connectivity index (χ3n) is 1.37. The summed E-state index contributed by atoms with van der Waals surface area (Å²) in [5.41, 5.74) is 5.58. The van der Waals surface area contributed by atoms with Gasteiger partial charge in [-0.1, -0.05) is 0 Å². The van der Waals surface area contributed by atoms with E-state index in [1.54, 1.807) is 0 Å². The van der Waals surface area contributed by atoms with Gasteiger partial charge in [0.05, 0.1) is 0 Å². The van der Waals surface area contributed by atoms with Crippen LogP contribution in [0.5, 0.6) is 0 Å². The van der Waals surface area contributed by atoms with E-state index in [-0.39, 0.29) is 5.54 Å². The second-order valence-corrected chi connectivity index (χ2v) is 4.01. The van der Waals surface area contributed by atoms with Crippen LogP contribution in [-0.2, 0) is 6.54 Å². The molecule has 78 valence electrons. The molecule has 1 rings (SSSR count). The molecule has 1 heterocycles. The first-order valence-corrected chi connectivity index (χ1v) is 4.40. The largest absolute Gasteiger partial charge is 0.370 e. The molecule has 0 saturated carbocycles. The van der Waals surface area contributed by atoms with Gasteiger partial charge < -0.3 is 11.1 Å². The average Bonchev–Trinajstić information content (AvgIpc) is 2.49. The first-order chi connectivity index (χ1) is 6.47. The zero-order valence-corrected chi connectivity index (χ0v) is 8.70. The van der Waals surface area contributed by atoms with Crippen molar-refractivity contribution in [1.82, 2.24) is 20.5 Å². The topological polar surface area (TPSA) is 92.0 Å². The number of H-pyrrole nitrogens is 1. The summed E-state index contributed by atoms with van der Waals surface area (Å²) in [6.45, 7) is 6.46. The Morgan fingerprint density at radius 1 is 1.64 bits per heavy atom. The first-order valence-electron chi connectivity index (χ1n) is 4.40. The molecule has 0 saturated heterocycles. The molecule has 14 heavy (non-hydrogen) atoms. The average molecular weight is 196 g/mol. The fourth-order valence-electron chi connectivity index (χ4n) is 0.891. The van der Waals surface area contributed by atoms with Gasteiger partial charge in [-0.3, -0.25) is 5.10 Å². The van der Waals surface area contributed by atoms with Crippen LogP contribution in [-0.4, -0.2) is 26.7 Å². The van der Waals surface area contributed by atoms with E-state index in [1.807, 2.05) is 20.8 Å². The van der Waals surface area contributed by atoms with Crippen molar-refractivity contribution >= 4 is 5.96 Å². The number of rotatable bonds is 2. The molecule has 0 aliphatic heterocycles. The number of aromatic amines is 1. The molecule has 0 aliphatic rings. The van der Waals surface area contributed by atoms with Gasteiger partial charge in [0.25, 0.3) is 0 Å². The van der Waals surface area contributed by atoms with Crippen molar-refractivity contribution in [3.05, 3.63) is 12.2 Å². The maximum atomic E-state index is 5.65. The molecule has 0 radical (unpaired) electrons. The van der Waals surface area contributed by atoms with Crippen LogP contribution in [0.1, 0.15) is 26.6 Å². The standard InChI is InChI=1S/C8H16N6/c1-8(2,3)13-7(9)10-4-6-11-5-12-14-6/h5H,4H2,1-3H3,(H3,9,10,13)(H,11,12,14). The summed E-state index contributed by atoms with van der Waals surface area (Å²) in [7, 11) is 0. The van der Waals surface area contributed by atoms with Crippen LogP contribution in [0.3, 0.4) is 0 Å². The SMILES string of the molecule is CC(C)(C)NC(N)=NCc1ncn[nH]1. The zero-order chi connectivity index (χ0) is 10.6. The lowest BCUT2D eigenvalue weighted by Gasteiger charge is -2.20. The van der Waals surface area contributed by atoms with Crippen molar-refractivity contribution in [2.24, 2.45) is 10.7 Å². The zero-order valence-electron chi connectivity index (χ0n) is 8.70. The summed E-state index contributed by atoms with van der Waals surface area (Å²) in [5.74, 6) is 1.11. The third-order valence-corrected chi connectivity index (χ3v) is 1.37. The molecule has 0 fully saturated rings. The van der Waals surface area contributed by atoms with E-state index in [2.05, 4.69) is 25.5 Å². The second kappa shape index (κ2) is 4.08. The van der Waals surface area contributed by atoms with E-state index in [1.165, 1.54) is 6.33 Å². The van der Waals surface area contributed by atoms with E-state index in [0.717, 1.165) is 0 Å². The lowest BCUT2D eigenvalue weighted by molar-refractivity contribution is 0.508. The van der Waals surface area contributed by atoms with Crippen LogP contribution in [0.2, 0.25) is 0 Å². The van der Waals surface area contributed by atoms with Crippen molar-refractivity contribution in [2.45, 2.75) is 32.9 Å². The summed E-state index contributed by atoms with van der Waals surface area (Å²) < 4.78 is 0. The van der Waals surface area contributed by atoms with E-state index < -0.39 is 0 Å². The third kappa shape index (κ3) is 3.88. The van der Waals surface area contributed by atoms with Crippen LogP contribution < -0.4 is 11.1 Å². The van der Waals surface area contributed by atoms with Crippen LogP contribution >= 0.6 is 0 Å². The fraction of sp³-hybridized carbons (Fsp3) is 0.625. The molecule has 0 bridgehead atoms. The van der Waals surface area contributed by atoms with Crippen LogP contribution in [0.25, 0.3) is 0 Å². The van der Waals surface area contributed by atoms with Gasteiger partial charge in [-0.05, 0) is 20.8 Å². The summed E-state index contributed by atoms with van der Waals surface area (Å²) in [5, 5.41) is 9.46. The Labute approximate surface area is 83.0 Å². The van der Waals surface area contributed by atoms with Gasteiger partial charge in [-0.2, -0.15) is 5.10 Å². The maximum Gasteiger partial charge on any atom is 0.189 e. The molecule has 0 spiro atoms. The Bertz CT molecular complexity index is 294. The summed E-state index contributed by atoms with van der Waals surface area (Å²) >= 11 is 0. The lowest BCUT2D eigenvalue weighted by Crippen LogP contribution is -2.45. The molecule has 6 heteroatoms. The molecule has 4 N–H and O–H groups in total. The van der Waals surface area contributed by atoms with E-state index in [9.17, 15) is 0 Å². The fourth-order valence-corrected chi connectivity index (χ4v) is 0.891. The molecule has 0 atom stereocenters. The lowest BCUT2D eigenvalue weighted by atomic mass is 10.1. The Kier molecular flexibility index (Phi) is 3.06. The molecule has 0 aliphatic carbocycles. The van der Waals surface area contributed by atoms with Crippen LogP contribution in [0.4, 0.5) is 0 Å². The van der Waals surface area contributed by atoms with Gasteiger partial charge in [-0.25, -0.2) is 9.98 Å². The highest BCUT2D eigenvalue weighted by molar-refractivity contribution is 5.78. The Morgan fingerprint density at radius 2 is 2.36 bits per heavy atom. The minimum Gasteiger partial charge on any atom is -0.370 e. The van der Waals surface area contributed by atoms with E-state index in [0.29, 0.717) is 18.3 Å². The molecule has 1 aromatic rings. The molecular formula is C8H16N6. The summed E-state index contributed by atoms with van der Waals surface area (Å²) in [4.78, 5) is 8.03. The Balaban J connectivity index is 2.45. The molecule has 0 aromatic carbocycles. The predicted molar refractivity (Wildman–Crippen MR) is 54.6 cm³/mol. The Morgan fingerprint density at radius 3 is 2.86 bits per heavy atom. The van der Waals surface area contributed by atoms with Gasteiger partial charge in [0.2, 0.25) is 0 Å². The Hall–Kier alpha value is -1.59. The van der Waals surface area contributed by atoms with Crippen molar-refractivity contribution in [3.8, 4) is 0 Å². The van der Waals surface area contributed by atoms with Gasteiger partial charge in [0.1, 0.15) is 18.7 Å². The molecule has 1 aromatic heterocycles. The number of nitrogens with zero attached hydrogens (tertiary/aromatic N) is 3. The van der Waals surface area contributed by atoms with E-state index in [4.69, 9.17) is 5.73 Å².